The molecule has 2 heterocycles. The Labute approximate surface area is 246 Å². The summed E-state index contributed by atoms with van der Waals surface area (Å²) < 4.78 is 0. The summed E-state index contributed by atoms with van der Waals surface area (Å²) in [4.78, 5) is 34.7. The number of hydrogen-bond donors (Lipinski definition) is 0. The van der Waals surface area contributed by atoms with Gasteiger partial charge in [-0.25, -0.2) is 4.79 Å². The first-order valence-electron chi connectivity index (χ1n) is 14.2. The number of carbonyl (C=O) groups excluding carboxylic acids is 2. The van der Waals surface area contributed by atoms with Gasteiger partial charge in [0.05, 0.1) is 6.04 Å². The van der Waals surface area contributed by atoms with Crippen LogP contribution in [0, 0.1) is 0 Å². The Morgan fingerprint density at radius 1 is 0.750 bits per heavy atom. The fourth-order valence-corrected chi connectivity index (χ4v) is 5.90. The molecule has 3 amide bonds. The highest BCUT2D eigenvalue weighted by molar-refractivity contribution is 7.59. The minimum absolute atomic E-state index is 0. The van der Waals surface area contributed by atoms with E-state index in [4.69, 9.17) is 0 Å². The summed E-state index contributed by atoms with van der Waals surface area (Å²) in [6, 6.07) is 29.0. The number of hydrogen-bond acceptors (Lipinski definition) is 3. The van der Waals surface area contributed by atoms with Crippen LogP contribution in [0.1, 0.15) is 35.2 Å². The second-order valence-corrected chi connectivity index (χ2v) is 11.0. The van der Waals surface area contributed by atoms with E-state index in [-0.39, 0.29) is 37.5 Å². The number of benzene rings is 3. The minimum atomic E-state index is 0. The van der Waals surface area contributed by atoms with Crippen LogP contribution in [0.5, 0.6) is 0 Å². The molecule has 6 nitrogen and oxygen atoms in total. The topological polar surface area (TPSA) is 47.1 Å². The van der Waals surface area contributed by atoms with Gasteiger partial charge in [0, 0.05) is 51.9 Å². The number of urea groups is 1. The molecule has 0 radical (unpaired) electrons. The average Bonchev–Trinajstić information content (AvgIpc) is 3.67. The lowest BCUT2D eigenvalue weighted by Crippen LogP contribution is -2.47. The monoisotopic (exact) mass is 558 g/mol. The summed E-state index contributed by atoms with van der Waals surface area (Å²) in [5.74, 6) is 0.00389. The number of likely N-dealkylation sites (N-methyl/N-ethyl adjacent to an activating group) is 2. The van der Waals surface area contributed by atoms with E-state index in [1.807, 2.05) is 71.3 Å². The summed E-state index contributed by atoms with van der Waals surface area (Å²) in [6.45, 7) is 4.32. The fourth-order valence-electron chi connectivity index (χ4n) is 5.90. The molecule has 2 fully saturated rings. The van der Waals surface area contributed by atoms with Crippen molar-refractivity contribution in [2.24, 2.45) is 0 Å². The van der Waals surface area contributed by atoms with Crippen molar-refractivity contribution in [1.82, 2.24) is 19.6 Å². The van der Waals surface area contributed by atoms with Crippen molar-refractivity contribution in [3.63, 3.8) is 0 Å². The van der Waals surface area contributed by atoms with E-state index in [9.17, 15) is 9.59 Å². The predicted molar refractivity (Wildman–Crippen MR) is 167 cm³/mol. The average molecular weight is 559 g/mol. The van der Waals surface area contributed by atoms with Crippen LogP contribution in [0.4, 0.5) is 4.79 Å². The van der Waals surface area contributed by atoms with Gasteiger partial charge in [-0.3, -0.25) is 4.79 Å². The van der Waals surface area contributed by atoms with Gasteiger partial charge in [0.15, 0.2) is 0 Å². The van der Waals surface area contributed by atoms with Gasteiger partial charge in [0.1, 0.15) is 0 Å². The van der Waals surface area contributed by atoms with Crippen LogP contribution in [-0.4, -0.2) is 90.4 Å². The highest BCUT2D eigenvalue weighted by Gasteiger charge is 2.35. The smallest absolute Gasteiger partial charge is 0.320 e. The number of rotatable bonds is 8. The lowest BCUT2D eigenvalue weighted by molar-refractivity contribution is 0.0734. The van der Waals surface area contributed by atoms with Gasteiger partial charge in [0.2, 0.25) is 0 Å². The van der Waals surface area contributed by atoms with Crippen molar-refractivity contribution in [1.29, 1.82) is 0 Å². The Hall–Kier alpha value is -3.29. The Bertz CT molecular complexity index is 1240. The normalized spacial score (nSPS) is 18.8. The molecular formula is C33H42N4O2S. The first-order valence-corrected chi connectivity index (χ1v) is 14.2. The van der Waals surface area contributed by atoms with Crippen molar-refractivity contribution >= 4 is 25.4 Å². The molecule has 2 aliphatic rings. The molecule has 3 aromatic carbocycles. The standard InChI is InChI=1S/C33H40N4O2.H2S/c1-34(32(38)29-17-15-28(16-18-29)27-13-7-4-8-14-27)31-20-23-37(25-31)33(39)35(2)30-19-22-36(24-30)21-9-12-26-10-5-3-6-11-26;/h3-8,10-11,13-18,30-31H,9,12,19-25H2,1-2H3;1H2/t30?,31-;/m0./s1. The second-order valence-electron chi connectivity index (χ2n) is 11.0. The summed E-state index contributed by atoms with van der Waals surface area (Å²) in [5, 5.41) is 0. The van der Waals surface area contributed by atoms with E-state index in [2.05, 4.69) is 47.4 Å². The van der Waals surface area contributed by atoms with Crippen LogP contribution in [0.25, 0.3) is 11.1 Å². The first kappa shape index (κ1) is 29.7. The molecule has 0 N–H and O–H groups in total. The minimum Gasteiger partial charge on any atom is -0.337 e. The van der Waals surface area contributed by atoms with Crippen LogP contribution >= 0.6 is 13.5 Å². The maximum absolute atomic E-state index is 13.3. The molecule has 2 aliphatic heterocycles. The van der Waals surface area contributed by atoms with E-state index in [1.165, 1.54) is 5.56 Å². The third kappa shape index (κ3) is 7.07. The molecule has 0 saturated carbocycles. The van der Waals surface area contributed by atoms with Crippen LogP contribution in [0.2, 0.25) is 0 Å². The third-order valence-corrected chi connectivity index (χ3v) is 8.42. The first-order chi connectivity index (χ1) is 19.0. The number of aryl methyl sites for hydroxylation is 1. The van der Waals surface area contributed by atoms with Crippen LogP contribution < -0.4 is 0 Å². The Kier molecular flexibility index (Phi) is 10.3. The summed E-state index contributed by atoms with van der Waals surface area (Å²) in [6.07, 6.45) is 4.05. The molecule has 5 rings (SSSR count). The quantitative estimate of drug-likeness (QED) is 0.373. The largest absolute Gasteiger partial charge is 0.337 e. The van der Waals surface area contributed by atoms with Gasteiger partial charge < -0.3 is 19.6 Å². The van der Waals surface area contributed by atoms with Gasteiger partial charge in [-0.15, -0.1) is 0 Å². The van der Waals surface area contributed by atoms with Gasteiger partial charge in [-0.1, -0.05) is 72.8 Å². The van der Waals surface area contributed by atoms with E-state index in [1.54, 1.807) is 0 Å². The molecule has 0 aliphatic carbocycles. The highest BCUT2D eigenvalue weighted by Crippen LogP contribution is 2.23. The Morgan fingerprint density at radius 2 is 1.35 bits per heavy atom. The van der Waals surface area contributed by atoms with E-state index >= 15 is 0 Å². The zero-order chi connectivity index (χ0) is 27.2. The number of carbonyl (C=O) groups is 2. The van der Waals surface area contributed by atoms with Gasteiger partial charge in [0.25, 0.3) is 5.91 Å². The molecule has 0 aromatic heterocycles. The van der Waals surface area contributed by atoms with Gasteiger partial charge in [-0.05, 0) is 61.1 Å². The molecule has 3 aromatic rings. The van der Waals surface area contributed by atoms with Crippen LogP contribution in [-0.2, 0) is 6.42 Å². The van der Waals surface area contributed by atoms with Crippen molar-refractivity contribution in [3.8, 4) is 11.1 Å². The van der Waals surface area contributed by atoms with E-state index < -0.39 is 0 Å². The highest BCUT2D eigenvalue weighted by atomic mass is 32.1. The Morgan fingerprint density at radius 3 is 2.05 bits per heavy atom. The summed E-state index contributed by atoms with van der Waals surface area (Å²) in [7, 11) is 3.80. The second kappa shape index (κ2) is 13.9. The maximum Gasteiger partial charge on any atom is 0.320 e. The van der Waals surface area contributed by atoms with Crippen molar-refractivity contribution in [2.45, 2.75) is 37.8 Å². The van der Waals surface area contributed by atoms with E-state index in [0.717, 1.165) is 56.4 Å². The Balaban J connectivity index is 0.00000370. The molecular weight excluding hydrogens is 516 g/mol. The number of likely N-dealkylation sites (tertiary alicyclic amines) is 2. The SMILES string of the molecule is CN(C(=O)N1CC[C@H](N(C)C(=O)c2ccc(-c3ccccc3)cc2)C1)C1CCN(CCCc2ccccc2)C1.S. The van der Waals surface area contributed by atoms with Crippen molar-refractivity contribution in [2.75, 3.05) is 46.8 Å². The summed E-state index contributed by atoms with van der Waals surface area (Å²) >= 11 is 0. The molecule has 7 heteroatoms. The summed E-state index contributed by atoms with van der Waals surface area (Å²) in [5.41, 5.74) is 4.29. The predicted octanol–water partition coefficient (Wildman–Crippen LogP) is 5.37. The number of amides is 3. The zero-order valence-electron chi connectivity index (χ0n) is 23.7. The van der Waals surface area contributed by atoms with Crippen molar-refractivity contribution < 1.29 is 9.59 Å². The lowest BCUT2D eigenvalue weighted by Gasteiger charge is -2.30. The van der Waals surface area contributed by atoms with Crippen LogP contribution in [0.15, 0.2) is 84.9 Å². The molecule has 2 saturated heterocycles. The molecule has 212 valence electrons. The van der Waals surface area contributed by atoms with Crippen LogP contribution in [0.3, 0.4) is 0 Å². The lowest BCUT2D eigenvalue weighted by atomic mass is 10.0. The number of nitrogens with zero attached hydrogens (tertiary/aromatic N) is 4. The molecule has 0 bridgehead atoms. The van der Waals surface area contributed by atoms with E-state index in [0.29, 0.717) is 18.7 Å². The van der Waals surface area contributed by atoms with Gasteiger partial charge in [-0.2, -0.15) is 13.5 Å². The fraction of sp³-hybridized carbons (Fsp3) is 0.394. The third-order valence-electron chi connectivity index (χ3n) is 8.42. The molecule has 1 unspecified atom stereocenters. The zero-order valence-corrected chi connectivity index (χ0v) is 24.7. The molecule has 40 heavy (non-hydrogen) atoms. The maximum atomic E-state index is 13.3. The van der Waals surface area contributed by atoms with Gasteiger partial charge >= 0.3 is 6.03 Å². The molecule has 0 spiro atoms. The molecule has 2 atom stereocenters. The van der Waals surface area contributed by atoms with Crippen molar-refractivity contribution in [3.05, 3.63) is 96.1 Å².